The number of aliphatic hydroxyl groups excluding tert-OH is 4. The molecule has 0 saturated carbocycles. The maximum atomic E-state index is 10.1. The quantitative estimate of drug-likeness (QED) is 0.545. The number of ether oxygens (including phenoxy) is 1. The standard InChI is InChI=1S/C16H17Br2NO5/c17-8-3-7-1-2-9(19-13(7)10(18)4-8)5-11-14(21)16(23)15(22)12(6-20)24-11/h1-4,11-12,14-16,20-23H,5-6H2/t11-,12-,14+,15-,16-/m0/s1. The molecule has 130 valence electrons. The first-order valence-corrected chi connectivity index (χ1v) is 9.04. The van der Waals surface area contributed by atoms with Crippen LogP contribution in [-0.4, -0.2) is 62.5 Å². The molecule has 0 spiro atoms. The van der Waals surface area contributed by atoms with Crippen LogP contribution in [0.2, 0.25) is 0 Å². The molecule has 0 aliphatic carbocycles. The van der Waals surface area contributed by atoms with Crippen LogP contribution in [0.4, 0.5) is 0 Å². The Labute approximate surface area is 155 Å². The van der Waals surface area contributed by atoms with Crippen LogP contribution >= 0.6 is 31.9 Å². The number of aromatic nitrogens is 1. The molecule has 0 bridgehead atoms. The fraction of sp³-hybridized carbons (Fsp3) is 0.438. The average molecular weight is 463 g/mol. The van der Waals surface area contributed by atoms with Crippen molar-refractivity contribution >= 4 is 42.8 Å². The molecule has 1 fully saturated rings. The Morgan fingerprint density at radius 1 is 1.00 bits per heavy atom. The van der Waals surface area contributed by atoms with Gasteiger partial charge in [0.2, 0.25) is 0 Å². The lowest BCUT2D eigenvalue weighted by atomic mass is 9.92. The Hall–Kier alpha value is -0.610. The van der Waals surface area contributed by atoms with Crippen molar-refractivity contribution in [1.82, 2.24) is 4.98 Å². The predicted octanol–water partition coefficient (Wildman–Crippen LogP) is 1.14. The molecule has 2 aromatic rings. The summed E-state index contributed by atoms with van der Waals surface area (Å²) in [7, 11) is 0. The number of fused-ring (bicyclic) bond motifs is 1. The Kier molecular flexibility index (Phi) is 5.55. The van der Waals surface area contributed by atoms with Gasteiger partial charge in [0.15, 0.2) is 0 Å². The smallest absolute Gasteiger partial charge is 0.111 e. The minimum atomic E-state index is -1.37. The van der Waals surface area contributed by atoms with Crippen LogP contribution < -0.4 is 0 Å². The summed E-state index contributed by atoms with van der Waals surface area (Å²) < 4.78 is 7.30. The van der Waals surface area contributed by atoms with E-state index in [1.54, 1.807) is 0 Å². The Morgan fingerprint density at radius 2 is 1.71 bits per heavy atom. The van der Waals surface area contributed by atoms with Gasteiger partial charge in [-0.25, -0.2) is 0 Å². The minimum Gasteiger partial charge on any atom is -0.394 e. The van der Waals surface area contributed by atoms with Crippen molar-refractivity contribution in [2.24, 2.45) is 0 Å². The van der Waals surface area contributed by atoms with Gasteiger partial charge in [0.05, 0.1) is 18.2 Å². The SMILES string of the molecule is OC[C@@H]1O[C@@H](Cc2ccc3cc(Br)cc(Br)c3n2)[C@@H](O)[C@H](O)[C@H]1O. The molecule has 24 heavy (non-hydrogen) atoms. The van der Waals surface area contributed by atoms with E-state index < -0.39 is 37.1 Å². The van der Waals surface area contributed by atoms with Crippen molar-refractivity contribution in [3.05, 3.63) is 38.9 Å². The summed E-state index contributed by atoms with van der Waals surface area (Å²) in [5.41, 5.74) is 1.45. The van der Waals surface area contributed by atoms with E-state index in [2.05, 4.69) is 36.8 Å². The lowest BCUT2D eigenvalue weighted by Gasteiger charge is -2.40. The summed E-state index contributed by atoms with van der Waals surface area (Å²) in [5, 5.41) is 40.0. The molecule has 5 atom stereocenters. The van der Waals surface area contributed by atoms with Gasteiger partial charge in [0, 0.05) is 26.4 Å². The molecule has 1 aromatic carbocycles. The highest BCUT2D eigenvalue weighted by Crippen LogP contribution is 2.29. The van der Waals surface area contributed by atoms with Gasteiger partial charge in [-0.3, -0.25) is 4.98 Å². The summed E-state index contributed by atoms with van der Waals surface area (Å²) in [6.45, 7) is -0.438. The summed E-state index contributed by atoms with van der Waals surface area (Å²) in [5.74, 6) is 0. The number of halogens is 2. The van der Waals surface area contributed by atoms with Crippen molar-refractivity contribution in [2.45, 2.75) is 36.9 Å². The van der Waals surface area contributed by atoms with Gasteiger partial charge in [-0.2, -0.15) is 0 Å². The van der Waals surface area contributed by atoms with Gasteiger partial charge < -0.3 is 25.2 Å². The summed E-state index contributed by atoms with van der Waals surface area (Å²) in [6.07, 6.45) is -5.40. The van der Waals surface area contributed by atoms with E-state index in [9.17, 15) is 20.4 Å². The van der Waals surface area contributed by atoms with Gasteiger partial charge in [0.1, 0.15) is 24.4 Å². The first-order chi connectivity index (χ1) is 11.4. The molecule has 0 radical (unpaired) electrons. The van der Waals surface area contributed by atoms with E-state index in [0.717, 1.165) is 19.8 Å². The van der Waals surface area contributed by atoms with Crippen molar-refractivity contribution in [3.63, 3.8) is 0 Å². The maximum Gasteiger partial charge on any atom is 0.111 e. The Balaban J connectivity index is 1.86. The summed E-state index contributed by atoms with van der Waals surface area (Å²) in [4.78, 5) is 4.57. The maximum absolute atomic E-state index is 10.1. The van der Waals surface area contributed by atoms with Gasteiger partial charge in [-0.05, 0) is 34.1 Å². The van der Waals surface area contributed by atoms with E-state index in [1.807, 2.05) is 24.3 Å². The van der Waals surface area contributed by atoms with Crippen LogP contribution in [0.3, 0.4) is 0 Å². The van der Waals surface area contributed by atoms with Crippen molar-refractivity contribution in [1.29, 1.82) is 0 Å². The van der Waals surface area contributed by atoms with E-state index >= 15 is 0 Å². The second kappa shape index (κ2) is 7.33. The topological polar surface area (TPSA) is 103 Å². The monoisotopic (exact) mass is 461 g/mol. The molecule has 2 heterocycles. The zero-order valence-electron chi connectivity index (χ0n) is 12.5. The van der Waals surface area contributed by atoms with Gasteiger partial charge in [-0.15, -0.1) is 0 Å². The number of pyridine rings is 1. The molecule has 1 saturated heterocycles. The highest BCUT2D eigenvalue weighted by atomic mass is 79.9. The van der Waals surface area contributed by atoms with Crippen molar-refractivity contribution in [3.8, 4) is 0 Å². The van der Waals surface area contributed by atoms with Crippen molar-refractivity contribution in [2.75, 3.05) is 6.61 Å². The van der Waals surface area contributed by atoms with Crippen LogP contribution in [0, 0.1) is 0 Å². The molecule has 1 aromatic heterocycles. The molecule has 0 amide bonds. The van der Waals surface area contributed by atoms with Crippen LogP contribution in [0.5, 0.6) is 0 Å². The zero-order valence-corrected chi connectivity index (χ0v) is 15.7. The fourth-order valence-corrected chi connectivity index (χ4v) is 4.21. The average Bonchev–Trinajstić information content (AvgIpc) is 2.55. The molecule has 1 aliphatic heterocycles. The second-order valence-corrected chi connectivity index (χ2v) is 7.60. The van der Waals surface area contributed by atoms with Gasteiger partial charge in [-0.1, -0.05) is 22.0 Å². The third kappa shape index (κ3) is 3.50. The normalized spacial score (nSPS) is 30.7. The lowest BCUT2D eigenvalue weighted by Crippen LogP contribution is -2.59. The highest BCUT2D eigenvalue weighted by Gasteiger charge is 2.43. The highest BCUT2D eigenvalue weighted by molar-refractivity contribution is 9.11. The summed E-state index contributed by atoms with van der Waals surface area (Å²) >= 11 is 6.91. The molecule has 3 rings (SSSR count). The third-order valence-electron chi connectivity index (χ3n) is 4.17. The number of benzene rings is 1. The van der Waals surface area contributed by atoms with Crippen LogP contribution in [0.1, 0.15) is 5.69 Å². The number of nitrogens with zero attached hydrogens (tertiary/aromatic N) is 1. The largest absolute Gasteiger partial charge is 0.394 e. The van der Waals surface area contributed by atoms with E-state index in [4.69, 9.17) is 4.74 Å². The Morgan fingerprint density at radius 3 is 2.42 bits per heavy atom. The lowest BCUT2D eigenvalue weighted by molar-refractivity contribution is -0.228. The molecular formula is C16H17Br2NO5. The third-order valence-corrected chi connectivity index (χ3v) is 5.23. The first-order valence-electron chi connectivity index (χ1n) is 7.46. The van der Waals surface area contributed by atoms with E-state index in [-0.39, 0.29) is 6.42 Å². The number of hydrogen-bond acceptors (Lipinski definition) is 6. The van der Waals surface area contributed by atoms with Gasteiger partial charge in [0.25, 0.3) is 0 Å². The molecule has 6 nitrogen and oxygen atoms in total. The van der Waals surface area contributed by atoms with E-state index in [0.29, 0.717) is 5.69 Å². The number of hydrogen-bond donors (Lipinski definition) is 4. The summed E-state index contributed by atoms with van der Waals surface area (Å²) in [6, 6.07) is 7.58. The molecule has 1 aliphatic rings. The molecule has 4 N–H and O–H groups in total. The molecular weight excluding hydrogens is 446 g/mol. The number of aliphatic hydroxyl groups is 4. The zero-order chi connectivity index (χ0) is 17.4. The molecule has 8 heteroatoms. The van der Waals surface area contributed by atoms with Crippen LogP contribution in [0.25, 0.3) is 10.9 Å². The van der Waals surface area contributed by atoms with Crippen LogP contribution in [-0.2, 0) is 11.2 Å². The van der Waals surface area contributed by atoms with Gasteiger partial charge >= 0.3 is 0 Å². The van der Waals surface area contributed by atoms with Crippen LogP contribution in [0.15, 0.2) is 33.2 Å². The number of rotatable bonds is 3. The second-order valence-electron chi connectivity index (χ2n) is 5.83. The molecule has 0 unspecified atom stereocenters. The predicted molar refractivity (Wildman–Crippen MR) is 94.6 cm³/mol. The van der Waals surface area contributed by atoms with Crippen molar-refractivity contribution < 1.29 is 25.2 Å². The fourth-order valence-electron chi connectivity index (χ4n) is 2.86. The van der Waals surface area contributed by atoms with E-state index in [1.165, 1.54) is 0 Å². The Bertz CT molecular complexity index is 742. The first kappa shape index (κ1) is 18.2. The minimum absolute atomic E-state index is 0.250.